The lowest BCUT2D eigenvalue weighted by molar-refractivity contribution is 0.660. The second-order valence-electron chi connectivity index (χ2n) is 13.7. The van der Waals surface area contributed by atoms with Crippen molar-refractivity contribution < 1.29 is 4.42 Å². The summed E-state index contributed by atoms with van der Waals surface area (Å²) in [5.41, 5.74) is 14.1. The normalized spacial score (nSPS) is 13.2. The van der Waals surface area contributed by atoms with Gasteiger partial charge in [0.2, 0.25) is 0 Å². The van der Waals surface area contributed by atoms with Crippen LogP contribution in [0, 0.1) is 0 Å². The van der Waals surface area contributed by atoms with Gasteiger partial charge in [-0.2, -0.15) is 0 Å². The molecule has 50 heavy (non-hydrogen) atoms. The van der Waals surface area contributed by atoms with Crippen molar-refractivity contribution in [3.8, 4) is 56.2 Å². The van der Waals surface area contributed by atoms with Crippen molar-refractivity contribution in [3.05, 3.63) is 169 Å². The minimum absolute atomic E-state index is 0.0670. The average Bonchev–Trinajstić information content (AvgIpc) is 3.66. The topological polar surface area (TPSA) is 38.9 Å². The Labute approximate surface area is 290 Å². The van der Waals surface area contributed by atoms with E-state index in [9.17, 15) is 0 Å². The van der Waals surface area contributed by atoms with Crippen LogP contribution in [-0.4, -0.2) is 9.97 Å². The van der Waals surface area contributed by atoms with Crippen molar-refractivity contribution in [2.24, 2.45) is 0 Å². The molecule has 0 saturated heterocycles. The van der Waals surface area contributed by atoms with Gasteiger partial charge in [0.1, 0.15) is 11.2 Å². The van der Waals surface area contributed by atoms with Crippen LogP contribution in [0.5, 0.6) is 0 Å². The van der Waals surface area contributed by atoms with E-state index in [1.807, 2.05) is 18.2 Å². The third kappa shape index (κ3) is 4.30. The Bertz CT molecular complexity index is 2790. The molecule has 0 bridgehead atoms. The number of aromatic nitrogens is 2. The molecule has 3 heteroatoms. The zero-order chi connectivity index (χ0) is 33.4. The van der Waals surface area contributed by atoms with E-state index in [4.69, 9.17) is 14.4 Å². The van der Waals surface area contributed by atoms with Gasteiger partial charge in [-0.3, -0.25) is 0 Å². The molecule has 10 rings (SSSR count). The van der Waals surface area contributed by atoms with Gasteiger partial charge in [0.15, 0.2) is 5.82 Å². The first-order chi connectivity index (χ1) is 24.5. The van der Waals surface area contributed by atoms with Crippen LogP contribution in [0.3, 0.4) is 0 Å². The van der Waals surface area contributed by atoms with Crippen LogP contribution in [0.4, 0.5) is 0 Å². The van der Waals surface area contributed by atoms with E-state index in [0.29, 0.717) is 5.82 Å². The number of rotatable bonds is 4. The largest absolute Gasteiger partial charge is 0.455 e. The molecular formula is C47H32N2O. The summed E-state index contributed by atoms with van der Waals surface area (Å²) in [7, 11) is 0. The number of para-hydroxylation sites is 2. The van der Waals surface area contributed by atoms with Crippen LogP contribution in [0.1, 0.15) is 25.0 Å². The van der Waals surface area contributed by atoms with Crippen LogP contribution in [0.25, 0.3) is 88.9 Å². The highest BCUT2D eigenvalue weighted by Gasteiger charge is 2.35. The molecule has 0 aliphatic heterocycles. The highest BCUT2D eigenvalue weighted by molar-refractivity contribution is 6.10. The van der Waals surface area contributed by atoms with Gasteiger partial charge in [-0.1, -0.05) is 141 Å². The Balaban J connectivity index is 1.17. The molecular weight excluding hydrogens is 609 g/mol. The smallest absolute Gasteiger partial charge is 0.161 e. The molecule has 0 spiro atoms. The zero-order valence-electron chi connectivity index (χ0n) is 27.8. The first-order valence-electron chi connectivity index (χ1n) is 17.2. The van der Waals surface area contributed by atoms with Gasteiger partial charge in [-0.25, -0.2) is 9.97 Å². The Morgan fingerprint density at radius 1 is 0.420 bits per heavy atom. The van der Waals surface area contributed by atoms with Crippen LogP contribution >= 0.6 is 0 Å². The second kappa shape index (κ2) is 10.8. The van der Waals surface area contributed by atoms with Gasteiger partial charge >= 0.3 is 0 Å². The van der Waals surface area contributed by atoms with E-state index >= 15 is 0 Å². The van der Waals surface area contributed by atoms with E-state index in [-0.39, 0.29) is 5.41 Å². The minimum Gasteiger partial charge on any atom is -0.455 e. The maximum Gasteiger partial charge on any atom is 0.161 e. The predicted molar refractivity (Wildman–Crippen MR) is 206 cm³/mol. The van der Waals surface area contributed by atoms with Crippen molar-refractivity contribution in [2.75, 3.05) is 0 Å². The highest BCUT2D eigenvalue weighted by atomic mass is 16.3. The lowest BCUT2D eigenvalue weighted by atomic mass is 9.81. The Morgan fingerprint density at radius 3 is 1.90 bits per heavy atom. The van der Waals surface area contributed by atoms with Crippen molar-refractivity contribution in [1.29, 1.82) is 0 Å². The van der Waals surface area contributed by atoms with E-state index in [1.165, 1.54) is 38.8 Å². The molecule has 0 atom stereocenters. The van der Waals surface area contributed by atoms with Crippen molar-refractivity contribution in [2.45, 2.75) is 19.3 Å². The summed E-state index contributed by atoms with van der Waals surface area (Å²) in [4.78, 5) is 10.5. The van der Waals surface area contributed by atoms with Gasteiger partial charge in [0, 0.05) is 32.9 Å². The number of benzene rings is 7. The number of hydrogen-bond acceptors (Lipinski definition) is 3. The first-order valence-corrected chi connectivity index (χ1v) is 17.2. The van der Waals surface area contributed by atoms with Crippen LogP contribution in [0.2, 0.25) is 0 Å². The standard InChI is InChI=1S/C47H32N2O/c1-47(2)40-21-10-8-17-34(40)35-24-23-30(27-41(35)47)31-25-26-38(33-16-7-6-15-32(31)33)46-48-42(29-13-4-3-5-14-29)28-43(49-46)39-20-12-19-37-36-18-9-11-22-44(36)50-45(37)39/h3-28H,1-2H3. The molecule has 0 amide bonds. The molecule has 7 aromatic carbocycles. The van der Waals surface area contributed by atoms with Crippen molar-refractivity contribution >= 4 is 32.7 Å². The second-order valence-corrected chi connectivity index (χ2v) is 13.7. The fourth-order valence-electron chi connectivity index (χ4n) is 8.03. The molecule has 236 valence electrons. The molecule has 0 radical (unpaired) electrons. The van der Waals surface area contributed by atoms with Gasteiger partial charge < -0.3 is 4.42 Å². The molecule has 1 aliphatic carbocycles. The third-order valence-corrected chi connectivity index (χ3v) is 10.5. The monoisotopic (exact) mass is 640 g/mol. The maximum absolute atomic E-state index is 6.47. The maximum atomic E-state index is 6.47. The van der Waals surface area contributed by atoms with Gasteiger partial charge in [-0.15, -0.1) is 0 Å². The van der Waals surface area contributed by atoms with Crippen LogP contribution in [0.15, 0.2) is 162 Å². The Hall–Kier alpha value is -6.32. The molecule has 0 fully saturated rings. The van der Waals surface area contributed by atoms with E-state index in [2.05, 4.69) is 153 Å². The fraction of sp³-hybridized carbons (Fsp3) is 0.0638. The lowest BCUT2D eigenvalue weighted by Gasteiger charge is -2.22. The molecule has 1 aliphatic rings. The summed E-state index contributed by atoms with van der Waals surface area (Å²) in [6.45, 7) is 4.67. The molecule has 3 nitrogen and oxygen atoms in total. The van der Waals surface area contributed by atoms with E-state index < -0.39 is 0 Å². The Morgan fingerprint density at radius 2 is 1.04 bits per heavy atom. The van der Waals surface area contributed by atoms with Crippen molar-refractivity contribution in [1.82, 2.24) is 9.97 Å². The zero-order valence-corrected chi connectivity index (χ0v) is 27.8. The minimum atomic E-state index is -0.0670. The van der Waals surface area contributed by atoms with Gasteiger partial charge in [0.05, 0.1) is 11.4 Å². The van der Waals surface area contributed by atoms with E-state index in [0.717, 1.165) is 55.4 Å². The SMILES string of the molecule is CC1(C)c2ccccc2-c2ccc(-c3ccc(-c4nc(-c5ccccc5)cc(-c5cccc6c5oc5ccccc56)n4)c4ccccc34)cc21. The predicted octanol–water partition coefficient (Wildman–Crippen LogP) is 12.5. The highest BCUT2D eigenvalue weighted by Crippen LogP contribution is 2.50. The molecule has 0 N–H and O–H groups in total. The molecule has 2 aromatic heterocycles. The van der Waals surface area contributed by atoms with E-state index in [1.54, 1.807) is 0 Å². The molecule has 9 aromatic rings. The molecule has 2 heterocycles. The lowest BCUT2D eigenvalue weighted by Crippen LogP contribution is -2.14. The third-order valence-electron chi connectivity index (χ3n) is 10.5. The fourth-order valence-corrected chi connectivity index (χ4v) is 8.03. The summed E-state index contributed by atoms with van der Waals surface area (Å²) in [5.74, 6) is 0.683. The van der Waals surface area contributed by atoms with Gasteiger partial charge in [-0.05, 0) is 74.5 Å². The molecule has 0 unspecified atom stereocenters. The quantitative estimate of drug-likeness (QED) is 0.192. The summed E-state index contributed by atoms with van der Waals surface area (Å²) < 4.78 is 6.47. The number of furan rings is 1. The van der Waals surface area contributed by atoms with Crippen LogP contribution < -0.4 is 0 Å². The average molecular weight is 641 g/mol. The summed E-state index contributed by atoms with van der Waals surface area (Å²) in [5, 5.41) is 4.47. The Kier molecular flexibility index (Phi) is 6.22. The number of fused-ring (bicyclic) bond motifs is 7. The summed E-state index contributed by atoms with van der Waals surface area (Å²) >= 11 is 0. The first kappa shape index (κ1) is 28.7. The molecule has 0 saturated carbocycles. The summed E-state index contributed by atoms with van der Waals surface area (Å²) in [6.07, 6.45) is 0. The van der Waals surface area contributed by atoms with Crippen molar-refractivity contribution in [3.63, 3.8) is 0 Å². The van der Waals surface area contributed by atoms with Gasteiger partial charge in [0.25, 0.3) is 0 Å². The van der Waals surface area contributed by atoms with Crippen LogP contribution in [-0.2, 0) is 5.41 Å². The summed E-state index contributed by atoms with van der Waals surface area (Å²) in [6, 6.07) is 55.8. The number of hydrogen-bond donors (Lipinski definition) is 0. The number of nitrogens with zero attached hydrogens (tertiary/aromatic N) is 2.